The van der Waals surface area contributed by atoms with E-state index in [0.717, 1.165) is 28.0 Å². The summed E-state index contributed by atoms with van der Waals surface area (Å²) in [6.07, 6.45) is 0. The molecule has 5 rings (SSSR count). The predicted molar refractivity (Wildman–Crippen MR) is 109 cm³/mol. The zero-order chi connectivity index (χ0) is 19.0. The number of nitriles is 2. The van der Waals surface area contributed by atoms with Crippen molar-refractivity contribution < 1.29 is 0 Å². The number of allylic oxidation sites excluding steroid dienone is 2. The molecule has 2 aromatic carbocycles. The van der Waals surface area contributed by atoms with Crippen LogP contribution < -0.4 is 4.90 Å². The van der Waals surface area contributed by atoms with Crippen molar-refractivity contribution in [3.8, 4) is 12.1 Å². The third-order valence-electron chi connectivity index (χ3n) is 6.54. The summed E-state index contributed by atoms with van der Waals surface area (Å²) in [4.78, 5) is 3.47. The van der Waals surface area contributed by atoms with Crippen LogP contribution >= 0.6 is 11.8 Å². The largest absolute Gasteiger partial charge is 0.363 e. The Morgan fingerprint density at radius 2 is 1.44 bits per heavy atom. The smallest absolute Gasteiger partial charge is 0.101 e. The minimum Gasteiger partial charge on any atom is -0.363 e. The van der Waals surface area contributed by atoms with Gasteiger partial charge in [0.1, 0.15) is 12.1 Å². The van der Waals surface area contributed by atoms with E-state index in [0.29, 0.717) is 11.1 Å². The summed E-state index contributed by atoms with van der Waals surface area (Å²) < 4.78 is -0.370. The fourth-order valence-corrected chi connectivity index (χ4v) is 6.68. The number of anilines is 1. The average Bonchev–Trinajstić information content (AvgIpc) is 3.12. The van der Waals surface area contributed by atoms with Crippen LogP contribution in [-0.4, -0.2) is 17.3 Å². The molecular formula is C23H17N3S. The van der Waals surface area contributed by atoms with Gasteiger partial charge in [0, 0.05) is 28.8 Å². The lowest BCUT2D eigenvalue weighted by Crippen LogP contribution is -2.58. The molecule has 4 heteroatoms. The van der Waals surface area contributed by atoms with E-state index >= 15 is 0 Å². The summed E-state index contributed by atoms with van der Waals surface area (Å²) in [6, 6.07) is 21.2. The van der Waals surface area contributed by atoms with Gasteiger partial charge >= 0.3 is 0 Å². The average molecular weight is 367 g/mol. The molecule has 0 bridgehead atoms. The molecule has 2 heterocycles. The van der Waals surface area contributed by atoms with E-state index in [1.807, 2.05) is 36.0 Å². The summed E-state index contributed by atoms with van der Waals surface area (Å²) >= 11 is 1.81. The summed E-state index contributed by atoms with van der Waals surface area (Å²) in [5, 5.41) is 20.2. The van der Waals surface area contributed by atoms with Crippen LogP contribution in [0.15, 0.2) is 64.6 Å². The molecule has 0 spiro atoms. The molecule has 2 aromatic rings. The first kappa shape index (κ1) is 16.2. The zero-order valence-electron chi connectivity index (χ0n) is 15.4. The number of thioether (sulfide) groups is 1. The van der Waals surface area contributed by atoms with Crippen molar-refractivity contribution in [1.82, 2.24) is 0 Å². The van der Waals surface area contributed by atoms with E-state index in [2.05, 4.69) is 62.2 Å². The highest BCUT2D eigenvalue weighted by molar-refractivity contribution is 8.01. The first-order chi connectivity index (χ1) is 13.0. The second-order valence-corrected chi connectivity index (χ2v) is 8.96. The predicted octanol–water partition coefficient (Wildman–Crippen LogP) is 5.03. The molecule has 0 saturated carbocycles. The van der Waals surface area contributed by atoms with Crippen molar-refractivity contribution in [2.75, 3.05) is 11.9 Å². The first-order valence-corrected chi connectivity index (χ1v) is 9.72. The number of rotatable bonds is 0. The van der Waals surface area contributed by atoms with Crippen molar-refractivity contribution in [2.45, 2.75) is 29.0 Å². The Morgan fingerprint density at radius 3 is 2.15 bits per heavy atom. The van der Waals surface area contributed by atoms with Crippen molar-refractivity contribution in [2.24, 2.45) is 0 Å². The number of likely N-dealkylation sites (N-methyl/N-ethyl adjacent to an activating group) is 1. The molecule has 2 atom stereocenters. The molecule has 2 aliphatic heterocycles. The number of para-hydroxylation sites is 1. The van der Waals surface area contributed by atoms with Crippen LogP contribution in [0.3, 0.4) is 0 Å². The van der Waals surface area contributed by atoms with Crippen LogP contribution in [0.1, 0.15) is 25.0 Å². The van der Waals surface area contributed by atoms with Crippen LogP contribution in [0, 0.1) is 22.7 Å². The summed E-state index contributed by atoms with van der Waals surface area (Å²) in [5.74, 6) is 0. The lowest BCUT2D eigenvalue weighted by atomic mass is 9.65. The standard InChI is InChI=1S/C23H17N3S/c1-22-20(14-8-4-6-10-18(14)26(22)3)16(12-24)17(13-25)21-15-9-5-7-11-19(15)27-23(21,22)2/h4-11H,1-3H3. The van der Waals surface area contributed by atoms with Gasteiger partial charge in [-0.05, 0) is 37.1 Å². The van der Waals surface area contributed by atoms with Gasteiger partial charge in [-0.25, -0.2) is 0 Å². The third-order valence-corrected chi connectivity index (χ3v) is 8.13. The fraction of sp³-hybridized carbons (Fsp3) is 0.217. The summed E-state index contributed by atoms with van der Waals surface area (Å²) in [5.41, 5.74) is 5.83. The van der Waals surface area contributed by atoms with E-state index in [-0.39, 0.29) is 4.75 Å². The van der Waals surface area contributed by atoms with Gasteiger partial charge in [-0.3, -0.25) is 0 Å². The van der Waals surface area contributed by atoms with Gasteiger partial charge in [-0.15, -0.1) is 11.8 Å². The molecule has 2 unspecified atom stereocenters. The molecule has 1 aliphatic carbocycles. The van der Waals surface area contributed by atoms with E-state index in [1.54, 1.807) is 0 Å². The number of nitrogens with zero attached hydrogens (tertiary/aromatic N) is 3. The van der Waals surface area contributed by atoms with Crippen molar-refractivity contribution in [3.63, 3.8) is 0 Å². The van der Waals surface area contributed by atoms with Crippen LogP contribution in [0.25, 0.3) is 11.1 Å². The Bertz CT molecular complexity index is 1180. The number of hydrogen-bond donors (Lipinski definition) is 0. The molecule has 27 heavy (non-hydrogen) atoms. The molecule has 0 saturated heterocycles. The normalized spacial score (nSPS) is 27.5. The number of fused-ring (bicyclic) bond motifs is 7. The first-order valence-electron chi connectivity index (χ1n) is 8.90. The van der Waals surface area contributed by atoms with E-state index < -0.39 is 5.54 Å². The quantitative estimate of drug-likeness (QED) is 0.655. The van der Waals surface area contributed by atoms with Gasteiger partial charge in [-0.1, -0.05) is 36.4 Å². The van der Waals surface area contributed by atoms with Gasteiger partial charge in [0.15, 0.2) is 0 Å². The van der Waals surface area contributed by atoms with Gasteiger partial charge in [0.25, 0.3) is 0 Å². The van der Waals surface area contributed by atoms with Crippen molar-refractivity contribution in [3.05, 3.63) is 70.8 Å². The Hall–Kier alpha value is -2.95. The maximum atomic E-state index is 10.1. The topological polar surface area (TPSA) is 50.8 Å². The van der Waals surface area contributed by atoms with Crippen LogP contribution in [0.4, 0.5) is 5.69 Å². The molecule has 0 N–H and O–H groups in total. The Kier molecular flexibility index (Phi) is 3.05. The van der Waals surface area contributed by atoms with Crippen molar-refractivity contribution >= 4 is 28.6 Å². The van der Waals surface area contributed by atoms with Crippen LogP contribution in [0.5, 0.6) is 0 Å². The molecule has 3 nitrogen and oxygen atoms in total. The second-order valence-electron chi connectivity index (χ2n) is 7.50. The number of hydrogen-bond acceptors (Lipinski definition) is 4. The maximum Gasteiger partial charge on any atom is 0.101 e. The molecule has 0 aromatic heterocycles. The second kappa shape index (κ2) is 5.06. The number of benzene rings is 2. The highest BCUT2D eigenvalue weighted by atomic mass is 32.2. The van der Waals surface area contributed by atoms with Crippen molar-refractivity contribution in [1.29, 1.82) is 10.5 Å². The molecule has 130 valence electrons. The minimum absolute atomic E-state index is 0.370. The molecule has 0 fully saturated rings. The lowest BCUT2D eigenvalue weighted by Gasteiger charge is -2.50. The van der Waals surface area contributed by atoms with Gasteiger partial charge in [-0.2, -0.15) is 10.5 Å². The summed E-state index contributed by atoms with van der Waals surface area (Å²) in [7, 11) is 2.10. The highest BCUT2D eigenvalue weighted by Crippen LogP contribution is 2.68. The van der Waals surface area contributed by atoms with Gasteiger partial charge < -0.3 is 4.90 Å². The van der Waals surface area contributed by atoms with Crippen LogP contribution in [0.2, 0.25) is 0 Å². The van der Waals surface area contributed by atoms with E-state index in [1.165, 1.54) is 4.90 Å². The van der Waals surface area contributed by atoms with E-state index in [4.69, 9.17) is 0 Å². The highest BCUT2D eigenvalue weighted by Gasteiger charge is 2.63. The molecule has 0 amide bonds. The van der Waals surface area contributed by atoms with Gasteiger partial charge in [0.2, 0.25) is 0 Å². The third kappa shape index (κ3) is 1.63. The Morgan fingerprint density at radius 1 is 0.852 bits per heavy atom. The summed E-state index contributed by atoms with van der Waals surface area (Å²) in [6.45, 7) is 4.44. The van der Waals surface area contributed by atoms with Gasteiger partial charge in [0.05, 0.1) is 21.4 Å². The van der Waals surface area contributed by atoms with E-state index in [9.17, 15) is 10.5 Å². The Labute approximate surface area is 163 Å². The maximum absolute atomic E-state index is 10.1. The monoisotopic (exact) mass is 367 g/mol. The Balaban J connectivity index is 1.97. The molecule has 3 aliphatic rings. The zero-order valence-corrected chi connectivity index (χ0v) is 16.2. The SMILES string of the molecule is CN1c2ccccc2C2=C(C#N)C(C#N)=C3c4ccccc4SC3(C)C21C. The minimum atomic E-state index is -0.429. The fourth-order valence-electron chi connectivity index (χ4n) is 5.06. The molecular weight excluding hydrogens is 350 g/mol. The molecule has 0 radical (unpaired) electrons. The lowest BCUT2D eigenvalue weighted by molar-refractivity contribution is 0.508. The van der Waals surface area contributed by atoms with Crippen LogP contribution in [-0.2, 0) is 0 Å².